The molecule has 7 heteroatoms. The second kappa shape index (κ2) is 9.73. The first-order chi connectivity index (χ1) is 10.6. The van der Waals surface area contributed by atoms with Gasteiger partial charge in [-0.1, -0.05) is 6.07 Å². The minimum absolute atomic E-state index is 0.303. The Balaban J connectivity index is 2.31. The van der Waals surface area contributed by atoms with Gasteiger partial charge in [-0.15, -0.1) is 0 Å². The zero-order chi connectivity index (χ0) is 16.4. The van der Waals surface area contributed by atoms with E-state index in [1.807, 2.05) is 0 Å². The molecule has 0 bridgehead atoms. The quantitative estimate of drug-likeness (QED) is 0.393. The number of carbonyl (C=O) groups is 1. The van der Waals surface area contributed by atoms with Crippen LogP contribution in [0.3, 0.4) is 0 Å². The molecule has 1 amide bonds. The van der Waals surface area contributed by atoms with Crippen molar-refractivity contribution in [2.75, 3.05) is 40.4 Å². The zero-order valence-electron chi connectivity index (χ0n) is 13.2. The number of nitrogens with zero attached hydrogens (tertiary/aromatic N) is 1. The first kappa shape index (κ1) is 17.9. The highest BCUT2D eigenvalue weighted by atomic mass is 19.1. The predicted octanol–water partition coefficient (Wildman–Crippen LogP) is 0.675. The molecule has 0 atom stereocenters. The van der Waals surface area contributed by atoms with Gasteiger partial charge in [0.25, 0.3) is 5.91 Å². The molecule has 0 unspecified atom stereocenters. The van der Waals surface area contributed by atoms with Gasteiger partial charge in [0.05, 0.1) is 6.61 Å². The lowest BCUT2D eigenvalue weighted by Crippen LogP contribution is -2.42. The van der Waals surface area contributed by atoms with Crippen LogP contribution in [0.1, 0.15) is 15.9 Å². The molecule has 0 saturated carbocycles. The van der Waals surface area contributed by atoms with Crippen LogP contribution in [0.5, 0.6) is 0 Å². The van der Waals surface area contributed by atoms with Crippen molar-refractivity contribution in [2.24, 2.45) is 4.99 Å². The number of carbonyl (C=O) groups excluding carboxylic acids is 1. The third kappa shape index (κ3) is 6.09. The highest BCUT2D eigenvalue weighted by Gasteiger charge is 2.07. The number of amides is 1. The minimum atomic E-state index is -0.381. The Morgan fingerprint density at radius 2 is 1.91 bits per heavy atom. The summed E-state index contributed by atoms with van der Waals surface area (Å²) < 4.78 is 18.3. The van der Waals surface area contributed by atoms with Gasteiger partial charge in [0.2, 0.25) is 0 Å². The summed E-state index contributed by atoms with van der Waals surface area (Å²) in [6, 6.07) is 4.43. The number of nitrogens with one attached hydrogen (secondary N) is 3. The van der Waals surface area contributed by atoms with Crippen molar-refractivity contribution in [3.05, 3.63) is 35.1 Å². The van der Waals surface area contributed by atoms with Gasteiger partial charge in [0.1, 0.15) is 5.82 Å². The monoisotopic (exact) mass is 310 g/mol. The zero-order valence-corrected chi connectivity index (χ0v) is 13.2. The van der Waals surface area contributed by atoms with E-state index in [9.17, 15) is 9.18 Å². The molecule has 1 aromatic rings. The predicted molar refractivity (Wildman–Crippen MR) is 84.7 cm³/mol. The van der Waals surface area contributed by atoms with Crippen LogP contribution in [0.4, 0.5) is 4.39 Å². The first-order valence-corrected chi connectivity index (χ1v) is 7.06. The number of hydrogen-bond acceptors (Lipinski definition) is 3. The van der Waals surface area contributed by atoms with E-state index < -0.39 is 0 Å². The van der Waals surface area contributed by atoms with Gasteiger partial charge in [-0.05, 0) is 24.6 Å². The maximum Gasteiger partial charge on any atom is 0.251 e. The van der Waals surface area contributed by atoms with E-state index in [-0.39, 0.29) is 11.7 Å². The van der Waals surface area contributed by atoms with Gasteiger partial charge in [-0.3, -0.25) is 9.79 Å². The Bertz CT molecular complexity index is 520. The number of aryl methyl sites for hydroxylation is 1. The Kier molecular flexibility index (Phi) is 7.91. The standard InChI is InChI=1S/C15H23FN4O2/c1-11-4-5-12(10-13(11)16)14(21)18-6-7-19-15(17-2)20-8-9-22-3/h4-5,10H,6-9H2,1-3H3,(H,18,21)(H2,17,19,20). The average molecular weight is 310 g/mol. The Morgan fingerprint density at radius 1 is 1.23 bits per heavy atom. The average Bonchev–Trinajstić information content (AvgIpc) is 2.52. The Morgan fingerprint density at radius 3 is 2.55 bits per heavy atom. The third-order valence-electron chi connectivity index (χ3n) is 2.96. The van der Waals surface area contributed by atoms with Crippen molar-refractivity contribution in [1.29, 1.82) is 0 Å². The van der Waals surface area contributed by atoms with E-state index >= 15 is 0 Å². The van der Waals surface area contributed by atoms with Crippen LogP contribution in [-0.2, 0) is 4.74 Å². The van der Waals surface area contributed by atoms with Gasteiger partial charge >= 0.3 is 0 Å². The summed E-state index contributed by atoms with van der Waals surface area (Å²) in [6.07, 6.45) is 0. The molecule has 3 N–H and O–H groups in total. The van der Waals surface area contributed by atoms with Crippen LogP contribution >= 0.6 is 0 Å². The molecule has 0 fully saturated rings. The first-order valence-electron chi connectivity index (χ1n) is 7.06. The molecular formula is C15H23FN4O2. The molecule has 22 heavy (non-hydrogen) atoms. The SMILES string of the molecule is CN=C(NCCNC(=O)c1ccc(C)c(F)c1)NCCOC. The molecular weight excluding hydrogens is 287 g/mol. The second-order valence-corrected chi connectivity index (χ2v) is 4.64. The minimum Gasteiger partial charge on any atom is -0.383 e. The van der Waals surface area contributed by atoms with Crippen molar-refractivity contribution >= 4 is 11.9 Å². The van der Waals surface area contributed by atoms with Crippen molar-refractivity contribution in [2.45, 2.75) is 6.92 Å². The van der Waals surface area contributed by atoms with Crippen molar-refractivity contribution in [3.63, 3.8) is 0 Å². The van der Waals surface area contributed by atoms with E-state index in [0.717, 1.165) is 0 Å². The number of halogens is 1. The van der Waals surface area contributed by atoms with E-state index in [1.165, 1.54) is 6.07 Å². The fourth-order valence-electron chi connectivity index (χ4n) is 1.69. The smallest absolute Gasteiger partial charge is 0.251 e. The summed E-state index contributed by atoms with van der Waals surface area (Å²) in [5.41, 5.74) is 0.829. The van der Waals surface area contributed by atoms with E-state index in [1.54, 1.807) is 33.2 Å². The van der Waals surface area contributed by atoms with Gasteiger partial charge in [0.15, 0.2) is 5.96 Å². The van der Waals surface area contributed by atoms with Crippen LogP contribution < -0.4 is 16.0 Å². The van der Waals surface area contributed by atoms with E-state index in [2.05, 4.69) is 20.9 Å². The van der Waals surface area contributed by atoms with Crippen LogP contribution in [-0.4, -0.2) is 52.3 Å². The number of ether oxygens (including phenoxy) is 1. The summed E-state index contributed by atoms with van der Waals surface area (Å²) in [7, 11) is 3.29. The molecule has 0 aromatic heterocycles. The fourth-order valence-corrected chi connectivity index (χ4v) is 1.69. The van der Waals surface area contributed by atoms with Crippen molar-refractivity contribution in [1.82, 2.24) is 16.0 Å². The highest BCUT2D eigenvalue weighted by molar-refractivity contribution is 5.94. The summed E-state index contributed by atoms with van der Waals surface area (Å²) in [5.74, 6) is -0.0516. The number of benzene rings is 1. The topological polar surface area (TPSA) is 74.8 Å². The van der Waals surface area contributed by atoms with Crippen molar-refractivity contribution in [3.8, 4) is 0 Å². The number of methoxy groups -OCH3 is 1. The van der Waals surface area contributed by atoms with Crippen LogP contribution in [0, 0.1) is 12.7 Å². The second-order valence-electron chi connectivity index (χ2n) is 4.64. The lowest BCUT2D eigenvalue weighted by atomic mass is 10.1. The summed E-state index contributed by atoms with van der Waals surface area (Å²) in [6.45, 7) is 3.79. The largest absolute Gasteiger partial charge is 0.383 e. The maximum absolute atomic E-state index is 13.4. The molecule has 6 nitrogen and oxygen atoms in total. The summed E-state index contributed by atoms with van der Waals surface area (Å²) >= 11 is 0. The molecule has 0 aliphatic carbocycles. The number of aliphatic imine (C=N–C) groups is 1. The van der Waals surface area contributed by atoms with Crippen LogP contribution in [0.2, 0.25) is 0 Å². The summed E-state index contributed by atoms with van der Waals surface area (Å²) in [4.78, 5) is 15.9. The molecule has 1 rings (SSSR count). The van der Waals surface area contributed by atoms with Crippen LogP contribution in [0.15, 0.2) is 23.2 Å². The van der Waals surface area contributed by atoms with Crippen LogP contribution in [0.25, 0.3) is 0 Å². The number of hydrogen-bond donors (Lipinski definition) is 3. The molecule has 1 aromatic carbocycles. The number of guanidine groups is 1. The fraction of sp³-hybridized carbons (Fsp3) is 0.467. The van der Waals surface area contributed by atoms with Crippen molar-refractivity contribution < 1.29 is 13.9 Å². The maximum atomic E-state index is 13.4. The van der Waals surface area contributed by atoms with Gasteiger partial charge in [-0.25, -0.2) is 4.39 Å². The Hall–Kier alpha value is -2.15. The normalized spacial score (nSPS) is 11.2. The molecule has 122 valence electrons. The number of rotatable bonds is 7. The lowest BCUT2D eigenvalue weighted by molar-refractivity contribution is 0.0954. The third-order valence-corrected chi connectivity index (χ3v) is 2.96. The van der Waals surface area contributed by atoms with Gasteiger partial charge in [-0.2, -0.15) is 0 Å². The van der Waals surface area contributed by atoms with Gasteiger partial charge < -0.3 is 20.7 Å². The molecule has 0 aliphatic heterocycles. The molecule has 0 radical (unpaired) electrons. The van der Waals surface area contributed by atoms with E-state index in [0.29, 0.717) is 43.3 Å². The highest BCUT2D eigenvalue weighted by Crippen LogP contribution is 2.08. The molecule has 0 saturated heterocycles. The summed E-state index contributed by atoms with van der Waals surface area (Å²) in [5, 5.41) is 8.82. The molecule has 0 spiro atoms. The lowest BCUT2D eigenvalue weighted by Gasteiger charge is -2.12. The van der Waals surface area contributed by atoms with E-state index in [4.69, 9.17) is 4.74 Å². The van der Waals surface area contributed by atoms with Gasteiger partial charge in [0, 0.05) is 39.4 Å². The molecule has 0 heterocycles. The Labute approximate surface area is 130 Å². The molecule has 0 aliphatic rings.